The molecule has 1 aliphatic rings. The Balaban J connectivity index is 1.38. The van der Waals surface area contributed by atoms with E-state index >= 15 is 0 Å². The molecule has 4 nitrogen and oxygen atoms in total. The Hall–Kier alpha value is -2.11. The van der Waals surface area contributed by atoms with E-state index < -0.39 is 0 Å². The molecule has 0 amide bonds. The van der Waals surface area contributed by atoms with Crippen LogP contribution < -0.4 is 9.64 Å². The molecule has 0 saturated carbocycles. The summed E-state index contributed by atoms with van der Waals surface area (Å²) in [5.74, 6) is 0.748. The summed E-state index contributed by atoms with van der Waals surface area (Å²) in [5, 5.41) is 11.4. The van der Waals surface area contributed by atoms with Crippen LogP contribution >= 0.6 is 22.9 Å². The van der Waals surface area contributed by atoms with Crippen molar-refractivity contribution in [3.63, 3.8) is 0 Å². The summed E-state index contributed by atoms with van der Waals surface area (Å²) in [7, 11) is 0. The molecule has 6 heteroatoms. The second-order valence-corrected chi connectivity index (χ2v) is 7.49. The first kappa shape index (κ1) is 16.4. The first-order chi connectivity index (χ1) is 12.3. The molecular weight excluding hydrogens is 354 g/mol. The topological polar surface area (TPSA) is 38.2 Å². The number of halogens is 1. The zero-order valence-corrected chi connectivity index (χ0v) is 15.2. The molecule has 4 rings (SSSR count). The maximum Gasteiger partial charge on any atom is 0.208 e. The SMILES string of the molecule is Clc1ccccc1OC1CCN(c2nnc(Cc3ccccc3)s2)C1. The average Bonchev–Trinajstić information content (AvgIpc) is 3.27. The van der Waals surface area contributed by atoms with E-state index in [1.165, 1.54) is 5.56 Å². The summed E-state index contributed by atoms with van der Waals surface area (Å²) in [6.45, 7) is 1.74. The van der Waals surface area contributed by atoms with E-state index in [-0.39, 0.29) is 6.10 Å². The quantitative estimate of drug-likeness (QED) is 0.664. The molecule has 2 aromatic carbocycles. The van der Waals surface area contributed by atoms with Crippen LogP contribution in [-0.4, -0.2) is 29.4 Å². The number of anilines is 1. The van der Waals surface area contributed by atoms with Gasteiger partial charge in [-0.1, -0.05) is 65.4 Å². The molecule has 0 spiro atoms. The van der Waals surface area contributed by atoms with E-state index in [0.717, 1.165) is 41.8 Å². The van der Waals surface area contributed by atoms with Crippen LogP contribution in [0.1, 0.15) is 17.0 Å². The Kier molecular flexibility index (Phi) is 4.85. The maximum absolute atomic E-state index is 6.18. The fraction of sp³-hybridized carbons (Fsp3) is 0.263. The zero-order valence-electron chi connectivity index (χ0n) is 13.6. The van der Waals surface area contributed by atoms with Crippen LogP contribution in [0.3, 0.4) is 0 Å². The molecule has 3 aromatic rings. The second-order valence-electron chi connectivity index (χ2n) is 6.05. The van der Waals surface area contributed by atoms with Gasteiger partial charge in [-0.05, 0) is 17.7 Å². The molecule has 1 saturated heterocycles. The molecule has 1 atom stereocenters. The Morgan fingerprint density at radius 2 is 1.88 bits per heavy atom. The molecule has 1 aromatic heterocycles. The van der Waals surface area contributed by atoms with E-state index in [2.05, 4.69) is 27.2 Å². The number of benzene rings is 2. The highest BCUT2D eigenvalue weighted by atomic mass is 35.5. The van der Waals surface area contributed by atoms with Crippen LogP contribution in [-0.2, 0) is 6.42 Å². The monoisotopic (exact) mass is 371 g/mol. The van der Waals surface area contributed by atoms with Gasteiger partial charge in [-0.25, -0.2) is 0 Å². The summed E-state index contributed by atoms with van der Waals surface area (Å²) in [6.07, 6.45) is 1.91. The standard InChI is InChI=1S/C19H18ClN3OS/c20-16-8-4-5-9-17(16)24-15-10-11-23(13-15)19-22-21-18(25-19)12-14-6-2-1-3-7-14/h1-9,15H,10-13H2. The molecule has 128 valence electrons. The number of nitrogens with zero attached hydrogens (tertiary/aromatic N) is 3. The largest absolute Gasteiger partial charge is 0.487 e. The van der Waals surface area contributed by atoms with Crippen molar-refractivity contribution in [1.82, 2.24) is 10.2 Å². The molecule has 0 radical (unpaired) electrons. The minimum absolute atomic E-state index is 0.126. The smallest absolute Gasteiger partial charge is 0.208 e. The first-order valence-electron chi connectivity index (χ1n) is 8.30. The summed E-state index contributed by atoms with van der Waals surface area (Å²) < 4.78 is 6.04. The molecule has 1 unspecified atom stereocenters. The van der Waals surface area contributed by atoms with Gasteiger partial charge in [0, 0.05) is 19.4 Å². The van der Waals surface area contributed by atoms with Crippen LogP contribution in [0.4, 0.5) is 5.13 Å². The zero-order chi connectivity index (χ0) is 17.1. The predicted molar refractivity (Wildman–Crippen MR) is 102 cm³/mol. The number of aromatic nitrogens is 2. The van der Waals surface area contributed by atoms with Gasteiger partial charge in [0.15, 0.2) is 0 Å². The fourth-order valence-corrected chi connectivity index (χ4v) is 4.02. The molecule has 0 bridgehead atoms. The molecule has 1 fully saturated rings. The van der Waals surface area contributed by atoms with Gasteiger partial charge >= 0.3 is 0 Å². The maximum atomic E-state index is 6.18. The summed E-state index contributed by atoms with van der Waals surface area (Å²) in [4.78, 5) is 2.24. The van der Waals surface area contributed by atoms with Crippen LogP contribution in [0.5, 0.6) is 5.75 Å². The molecular formula is C19H18ClN3OS. The van der Waals surface area contributed by atoms with Gasteiger partial charge < -0.3 is 9.64 Å². The third-order valence-corrected chi connectivity index (χ3v) is 5.50. The number of rotatable bonds is 5. The number of para-hydroxylation sites is 1. The minimum atomic E-state index is 0.126. The lowest BCUT2D eigenvalue weighted by atomic mass is 10.2. The van der Waals surface area contributed by atoms with Gasteiger partial charge in [0.1, 0.15) is 16.9 Å². The minimum Gasteiger partial charge on any atom is -0.487 e. The van der Waals surface area contributed by atoms with Crippen molar-refractivity contribution < 1.29 is 4.74 Å². The van der Waals surface area contributed by atoms with Gasteiger partial charge in [-0.2, -0.15) is 0 Å². The van der Waals surface area contributed by atoms with E-state index in [9.17, 15) is 0 Å². The second kappa shape index (κ2) is 7.42. The van der Waals surface area contributed by atoms with E-state index in [0.29, 0.717) is 5.02 Å². The normalized spacial score (nSPS) is 17.0. The number of ether oxygens (including phenoxy) is 1. The predicted octanol–water partition coefficient (Wildman–Crippen LogP) is 4.44. The van der Waals surface area contributed by atoms with Crippen molar-refractivity contribution in [2.75, 3.05) is 18.0 Å². The van der Waals surface area contributed by atoms with Crippen molar-refractivity contribution in [2.45, 2.75) is 18.9 Å². The average molecular weight is 372 g/mol. The molecule has 1 aliphatic heterocycles. The summed E-state index contributed by atoms with van der Waals surface area (Å²) >= 11 is 7.84. The van der Waals surface area contributed by atoms with Crippen molar-refractivity contribution in [3.05, 3.63) is 70.2 Å². The van der Waals surface area contributed by atoms with Gasteiger partial charge in [0.25, 0.3) is 0 Å². The highest BCUT2D eigenvalue weighted by molar-refractivity contribution is 7.15. The van der Waals surface area contributed by atoms with Crippen molar-refractivity contribution in [1.29, 1.82) is 0 Å². The van der Waals surface area contributed by atoms with Gasteiger partial charge in [-0.3, -0.25) is 0 Å². The number of hydrogen-bond donors (Lipinski definition) is 0. The lowest BCUT2D eigenvalue weighted by Crippen LogP contribution is -2.24. The van der Waals surface area contributed by atoms with Crippen LogP contribution in [0, 0.1) is 0 Å². The highest BCUT2D eigenvalue weighted by Crippen LogP contribution is 2.29. The summed E-state index contributed by atoms with van der Waals surface area (Å²) in [5.41, 5.74) is 1.26. The van der Waals surface area contributed by atoms with Gasteiger partial charge in [-0.15, -0.1) is 10.2 Å². The number of hydrogen-bond acceptors (Lipinski definition) is 5. The van der Waals surface area contributed by atoms with E-state index in [1.54, 1.807) is 11.3 Å². The van der Waals surface area contributed by atoms with Crippen molar-refractivity contribution in [3.8, 4) is 5.75 Å². The van der Waals surface area contributed by atoms with Crippen molar-refractivity contribution in [2.24, 2.45) is 0 Å². The van der Waals surface area contributed by atoms with Gasteiger partial charge in [0.05, 0.1) is 11.6 Å². The molecule has 2 heterocycles. The molecule has 0 N–H and O–H groups in total. The fourth-order valence-electron chi connectivity index (χ4n) is 2.93. The van der Waals surface area contributed by atoms with E-state index in [1.807, 2.05) is 42.5 Å². The van der Waals surface area contributed by atoms with E-state index in [4.69, 9.17) is 16.3 Å². The van der Waals surface area contributed by atoms with Gasteiger partial charge in [0.2, 0.25) is 5.13 Å². The van der Waals surface area contributed by atoms with Crippen LogP contribution in [0.25, 0.3) is 0 Å². The Labute approximate surface area is 156 Å². The third-order valence-electron chi connectivity index (χ3n) is 4.20. The van der Waals surface area contributed by atoms with Crippen LogP contribution in [0.15, 0.2) is 54.6 Å². The third kappa shape index (κ3) is 3.94. The molecule has 0 aliphatic carbocycles. The Morgan fingerprint density at radius 1 is 1.08 bits per heavy atom. The first-order valence-corrected chi connectivity index (χ1v) is 9.50. The summed E-state index contributed by atoms with van der Waals surface area (Å²) in [6, 6.07) is 18.0. The van der Waals surface area contributed by atoms with Crippen LogP contribution in [0.2, 0.25) is 5.02 Å². The lowest BCUT2D eigenvalue weighted by molar-refractivity contribution is 0.225. The molecule has 25 heavy (non-hydrogen) atoms. The Morgan fingerprint density at radius 3 is 2.72 bits per heavy atom. The van der Waals surface area contributed by atoms with Crippen molar-refractivity contribution >= 4 is 28.1 Å². The highest BCUT2D eigenvalue weighted by Gasteiger charge is 2.27. The lowest BCUT2D eigenvalue weighted by Gasteiger charge is -2.16. The Bertz CT molecular complexity index is 839.